The molecule has 0 aliphatic heterocycles. The van der Waals surface area contributed by atoms with E-state index in [0.717, 1.165) is 126 Å². The van der Waals surface area contributed by atoms with Gasteiger partial charge in [0.25, 0.3) is 0 Å². The van der Waals surface area contributed by atoms with Gasteiger partial charge in [-0.05, 0) is 0 Å². The second-order valence-electron chi connectivity index (χ2n) is 14.3. The van der Waals surface area contributed by atoms with E-state index in [9.17, 15) is 28.8 Å². The van der Waals surface area contributed by atoms with Gasteiger partial charge in [-0.1, -0.05) is 0 Å². The first kappa shape index (κ1) is 47.8. The average molecular weight is 974 g/mol. The van der Waals surface area contributed by atoms with Gasteiger partial charge < -0.3 is 0 Å². The van der Waals surface area contributed by atoms with Crippen LogP contribution in [0.4, 0.5) is 0 Å². The van der Waals surface area contributed by atoms with Crippen molar-refractivity contribution >= 4 is 74.2 Å². The molecule has 0 aromatic heterocycles. The fourth-order valence-corrected chi connectivity index (χ4v) is 25.7. The Hall–Kier alpha value is -2.36. The van der Waals surface area contributed by atoms with Crippen LogP contribution in [0.15, 0.2) is 36.5 Å². The summed E-state index contributed by atoms with van der Waals surface area (Å²) in [5.74, 6) is -4.42. The van der Waals surface area contributed by atoms with E-state index in [0.29, 0.717) is 43.4 Å². The van der Waals surface area contributed by atoms with Crippen LogP contribution in [0.5, 0.6) is 0 Å². The number of unbranched alkanes of at least 4 members (excludes halogenated alkanes) is 4. The normalized spacial score (nSPS) is 16.0. The molecule has 2 saturated carbocycles. The van der Waals surface area contributed by atoms with Crippen LogP contribution in [-0.4, -0.2) is 86.4 Å². The van der Waals surface area contributed by atoms with E-state index < -0.39 is 74.2 Å². The monoisotopic (exact) mass is 976 g/mol. The number of carbonyl (C=O) groups excluding carboxylic acids is 6. The van der Waals surface area contributed by atoms with Crippen LogP contribution >= 0.6 is 0 Å². The zero-order valence-electron chi connectivity index (χ0n) is 33.1. The Kier molecular flexibility index (Phi) is 24.1. The molecule has 0 spiro atoms. The van der Waals surface area contributed by atoms with Crippen molar-refractivity contribution in [2.75, 3.05) is 0 Å². The van der Waals surface area contributed by atoms with Crippen molar-refractivity contribution in [3.63, 3.8) is 0 Å². The van der Waals surface area contributed by atoms with E-state index in [2.05, 4.69) is 0 Å². The van der Waals surface area contributed by atoms with Crippen molar-refractivity contribution in [2.24, 2.45) is 0 Å². The molecule has 0 heterocycles. The molecule has 2 aliphatic rings. The maximum atomic E-state index is 13.3. The van der Waals surface area contributed by atoms with Gasteiger partial charge in [0.15, 0.2) is 0 Å². The Labute approximate surface area is 332 Å². The van der Waals surface area contributed by atoms with E-state index >= 15 is 0 Å². The predicted octanol–water partition coefficient (Wildman–Crippen LogP) is 8.66. The Morgan fingerprint density at radius 3 is 0.889 bits per heavy atom. The fourth-order valence-electron chi connectivity index (χ4n) is 6.54. The first-order valence-electron chi connectivity index (χ1n) is 20.3. The van der Waals surface area contributed by atoms with Gasteiger partial charge in [0.05, 0.1) is 0 Å². The van der Waals surface area contributed by atoms with Crippen LogP contribution in [0.25, 0.3) is 0 Å². The third-order valence-corrected chi connectivity index (χ3v) is 28.8. The molecule has 2 aliphatic carbocycles. The molecule has 0 N–H and O–H groups in total. The minimum atomic E-state index is -4.45. The van der Waals surface area contributed by atoms with E-state index in [1.54, 1.807) is 0 Å². The van der Waals surface area contributed by atoms with E-state index in [1.165, 1.54) is 0 Å². The van der Waals surface area contributed by atoms with Gasteiger partial charge in [-0.15, -0.1) is 0 Å². The molecule has 0 saturated heterocycles. The van der Waals surface area contributed by atoms with Crippen LogP contribution in [-0.2, 0) is 50.5 Å². The summed E-state index contributed by atoms with van der Waals surface area (Å²) >= 11 is -8.90. The summed E-state index contributed by atoms with van der Waals surface area (Å²) in [4.78, 5) is 77.3. The molecule has 0 aromatic rings. The standard InChI is InChI=1S/2C10H14O4.C4H4O4.4C4H9.2Sn/c2*11-9(12)6-7-10(13)14-8-4-2-1-3-5-8;5-3(6)1-2-4(7)8;4*1-3-4-2;;/h2*6-8H,1-5H2,(H,11,12);1-2H,(H,5,6)(H,7,8);4*1,3-4H2,2H3;;/q;;;;;;;2*+2/p-4/b2*7-6-;2-1-;;;;;;. The van der Waals surface area contributed by atoms with Crippen molar-refractivity contribution in [1.29, 1.82) is 0 Å². The summed E-state index contributed by atoms with van der Waals surface area (Å²) in [5, 5.41) is 0. The molecular weight excluding hydrogens is 910 g/mol. The average Bonchev–Trinajstić information content (AvgIpc) is 3.16. The molecule has 14 heteroatoms. The Bertz CT molecular complexity index is 1170. The van der Waals surface area contributed by atoms with Gasteiger partial charge in [-0.25, -0.2) is 0 Å². The molecule has 0 unspecified atom stereocenters. The quantitative estimate of drug-likeness (QED) is 0.0516. The van der Waals surface area contributed by atoms with E-state index in [-0.39, 0.29) is 12.2 Å². The molecule has 0 atom stereocenters. The number of esters is 2. The molecule has 54 heavy (non-hydrogen) atoms. The molecule has 12 nitrogen and oxygen atoms in total. The van der Waals surface area contributed by atoms with Crippen molar-refractivity contribution in [2.45, 2.75) is 173 Å². The summed E-state index contributed by atoms with van der Waals surface area (Å²) in [5.41, 5.74) is 0. The van der Waals surface area contributed by atoms with Gasteiger partial charge >= 0.3 is 334 Å². The number of ether oxygens (including phenoxy) is 2. The van der Waals surface area contributed by atoms with Crippen LogP contribution in [0.2, 0.25) is 17.7 Å². The van der Waals surface area contributed by atoms with Crippen molar-refractivity contribution in [1.82, 2.24) is 0 Å². The Balaban J connectivity index is 2.16. The molecule has 0 aromatic carbocycles. The summed E-state index contributed by atoms with van der Waals surface area (Å²) in [7, 11) is 0. The number of carbonyl (C=O) groups is 6. The number of hydrogen-bond donors (Lipinski definition) is 0. The van der Waals surface area contributed by atoms with Gasteiger partial charge in [-0.3, -0.25) is 0 Å². The van der Waals surface area contributed by atoms with Crippen LogP contribution in [0, 0.1) is 0 Å². The van der Waals surface area contributed by atoms with Gasteiger partial charge in [-0.2, -0.15) is 0 Å². The van der Waals surface area contributed by atoms with Crippen LogP contribution in [0.3, 0.4) is 0 Å². The second kappa shape index (κ2) is 27.3. The van der Waals surface area contributed by atoms with Crippen molar-refractivity contribution < 1.29 is 50.5 Å². The van der Waals surface area contributed by atoms with Gasteiger partial charge in [0.1, 0.15) is 0 Å². The molecule has 0 radical (unpaired) electrons. The zero-order chi connectivity index (χ0) is 39.7. The third kappa shape index (κ3) is 20.0. The molecule has 0 bridgehead atoms. The fraction of sp³-hybridized carbons (Fsp3) is 0.700. The second-order valence-corrected chi connectivity index (χ2v) is 32.7. The zero-order valence-corrected chi connectivity index (χ0v) is 38.8. The van der Waals surface area contributed by atoms with Gasteiger partial charge in [0, 0.05) is 0 Å². The molecular formula is C40H64O12Sn2. The summed E-state index contributed by atoms with van der Waals surface area (Å²) < 4.78 is 36.5. The number of hydrogen-bond acceptors (Lipinski definition) is 12. The number of rotatable bonds is 24. The van der Waals surface area contributed by atoms with E-state index in [4.69, 9.17) is 21.8 Å². The van der Waals surface area contributed by atoms with E-state index in [1.807, 2.05) is 27.7 Å². The van der Waals surface area contributed by atoms with Crippen molar-refractivity contribution in [3.8, 4) is 0 Å². The summed E-state index contributed by atoms with van der Waals surface area (Å²) in [6.07, 6.45) is 21.1. The van der Waals surface area contributed by atoms with Crippen LogP contribution in [0.1, 0.15) is 143 Å². The Morgan fingerprint density at radius 2 is 0.648 bits per heavy atom. The van der Waals surface area contributed by atoms with Crippen molar-refractivity contribution in [3.05, 3.63) is 36.5 Å². The molecule has 0 amide bonds. The third-order valence-electron chi connectivity index (χ3n) is 9.53. The molecule has 304 valence electrons. The first-order chi connectivity index (χ1) is 26.0. The summed E-state index contributed by atoms with van der Waals surface area (Å²) in [6.45, 7) is 7.94. The SMILES string of the molecule is CCC[CH2][Sn]([CH2]CCC)([O]C(=O)/C=C\C(=O)OC1CCCCC1)[O]C(=O)/C=C\C(=O)[O][Sn]([CH2]CCC)([CH2]CCC)[O]C(=O)/C=C\C(=O)OC1CCCCC1. The predicted molar refractivity (Wildman–Crippen MR) is 208 cm³/mol. The minimum absolute atomic E-state index is 0.156. The first-order valence-corrected chi connectivity index (χ1v) is 33.1. The molecule has 2 fully saturated rings. The topological polar surface area (TPSA) is 158 Å². The maximum absolute atomic E-state index is 13.3. The van der Waals surface area contributed by atoms with Gasteiger partial charge in [0.2, 0.25) is 0 Å². The summed E-state index contributed by atoms with van der Waals surface area (Å²) in [6, 6.07) is 0. The Morgan fingerprint density at radius 1 is 0.407 bits per heavy atom. The van der Waals surface area contributed by atoms with Crippen LogP contribution < -0.4 is 0 Å². The molecule has 2 rings (SSSR count).